The summed E-state index contributed by atoms with van der Waals surface area (Å²) in [6.45, 7) is 4.06. The van der Waals surface area contributed by atoms with Crippen molar-refractivity contribution in [1.29, 1.82) is 0 Å². The van der Waals surface area contributed by atoms with Crippen LogP contribution >= 0.6 is 0 Å². The normalized spacial score (nSPS) is 12.0. The molecule has 1 aromatic rings. The SMILES string of the molecule is COCCC(N)C(=O)Nc1cccc(NC(=O)C(C)C)c1. The Morgan fingerprint density at radius 1 is 1.19 bits per heavy atom. The average molecular weight is 293 g/mol. The second-order valence-corrected chi connectivity index (χ2v) is 5.10. The molecule has 1 unspecified atom stereocenters. The number of ether oxygens (including phenoxy) is 1. The highest BCUT2D eigenvalue weighted by Crippen LogP contribution is 2.16. The van der Waals surface area contributed by atoms with Crippen LogP contribution in [0.15, 0.2) is 24.3 Å². The van der Waals surface area contributed by atoms with Crippen molar-refractivity contribution in [1.82, 2.24) is 0 Å². The molecule has 0 heterocycles. The molecule has 21 heavy (non-hydrogen) atoms. The number of anilines is 2. The minimum absolute atomic E-state index is 0.0738. The van der Waals surface area contributed by atoms with Crippen LogP contribution in [0.25, 0.3) is 0 Å². The van der Waals surface area contributed by atoms with Crippen LogP contribution in [0.5, 0.6) is 0 Å². The van der Waals surface area contributed by atoms with Gasteiger partial charge >= 0.3 is 0 Å². The van der Waals surface area contributed by atoms with Crippen LogP contribution in [0.2, 0.25) is 0 Å². The van der Waals surface area contributed by atoms with Crippen molar-refractivity contribution in [2.45, 2.75) is 26.3 Å². The summed E-state index contributed by atoms with van der Waals surface area (Å²) >= 11 is 0. The Kier molecular flexibility index (Phi) is 6.84. The minimum Gasteiger partial charge on any atom is -0.385 e. The van der Waals surface area contributed by atoms with E-state index < -0.39 is 6.04 Å². The number of nitrogens with two attached hydrogens (primary N) is 1. The van der Waals surface area contributed by atoms with Crippen LogP contribution in [-0.2, 0) is 14.3 Å². The van der Waals surface area contributed by atoms with E-state index in [0.29, 0.717) is 24.4 Å². The zero-order valence-corrected chi connectivity index (χ0v) is 12.7. The number of carbonyl (C=O) groups excluding carboxylic acids is 2. The van der Waals surface area contributed by atoms with E-state index in [-0.39, 0.29) is 17.7 Å². The lowest BCUT2D eigenvalue weighted by molar-refractivity contribution is -0.119. The highest BCUT2D eigenvalue weighted by Gasteiger charge is 2.13. The molecule has 1 aromatic carbocycles. The molecule has 2 amide bonds. The molecule has 116 valence electrons. The molecule has 0 aromatic heterocycles. The number of nitrogens with one attached hydrogen (secondary N) is 2. The largest absolute Gasteiger partial charge is 0.385 e. The molecule has 0 radical (unpaired) electrons. The van der Waals surface area contributed by atoms with Gasteiger partial charge in [0, 0.05) is 31.0 Å². The summed E-state index contributed by atoms with van der Waals surface area (Å²) in [6.07, 6.45) is 0.451. The molecule has 1 rings (SSSR count). The minimum atomic E-state index is -0.626. The van der Waals surface area contributed by atoms with Gasteiger partial charge in [-0.2, -0.15) is 0 Å². The Balaban J connectivity index is 2.64. The number of methoxy groups -OCH3 is 1. The third-order valence-electron chi connectivity index (χ3n) is 2.89. The predicted molar refractivity (Wildman–Crippen MR) is 83.0 cm³/mol. The first-order valence-corrected chi connectivity index (χ1v) is 6.90. The van der Waals surface area contributed by atoms with E-state index in [4.69, 9.17) is 10.5 Å². The number of benzene rings is 1. The van der Waals surface area contributed by atoms with E-state index in [2.05, 4.69) is 10.6 Å². The van der Waals surface area contributed by atoms with Crippen LogP contribution in [0.4, 0.5) is 11.4 Å². The van der Waals surface area contributed by atoms with Gasteiger partial charge in [-0.25, -0.2) is 0 Å². The summed E-state index contributed by atoms with van der Waals surface area (Å²) in [5.74, 6) is -0.458. The molecule has 0 aliphatic heterocycles. The van der Waals surface area contributed by atoms with Gasteiger partial charge in [-0.15, -0.1) is 0 Å². The second kappa shape index (κ2) is 8.39. The van der Waals surface area contributed by atoms with Crippen molar-refractivity contribution in [3.8, 4) is 0 Å². The average Bonchev–Trinajstić information content (AvgIpc) is 2.44. The summed E-state index contributed by atoms with van der Waals surface area (Å²) in [5, 5.41) is 5.50. The van der Waals surface area contributed by atoms with Gasteiger partial charge in [0.15, 0.2) is 0 Å². The Morgan fingerprint density at radius 2 is 1.76 bits per heavy atom. The summed E-state index contributed by atoms with van der Waals surface area (Å²) < 4.78 is 4.89. The summed E-state index contributed by atoms with van der Waals surface area (Å²) in [5.41, 5.74) is 6.98. The molecule has 0 aliphatic carbocycles. The number of rotatable bonds is 7. The van der Waals surface area contributed by atoms with Gasteiger partial charge in [0.1, 0.15) is 0 Å². The monoisotopic (exact) mass is 293 g/mol. The fraction of sp³-hybridized carbons (Fsp3) is 0.467. The lowest BCUT2D eigenvalue weighted by Gasteiger charge is -2.13. The standard InChI is InChI=1S/C15H23N3O3/c1-10(2)14(19)17-11-5-4-6-12(9-11)18-15(20)13(16)7-8-21-3/h4-6,9-10,13H,7-8,16H2,1-3H3,(H,17,19)(H,18,20). The highest BCUT2D eigenvalue weighted by atomic mass is 16.5. The maximum atomic E-state index is 11.9. The fourth-order valence-electron chi connectivity index (χ4n) is 1.57. The zero-order chi connectivity index (χ0) is 15.8. The lowest BCUT2D eigenvalue weighted by atomic mass is 10.2. The highest BCUT2D eigenvalue weighted by molar-refractivity contribution is 5.96. The number of hydrogen-bond donors (Lipinski definition) is 3. The van der Waals surface area contributed by atoms with Gasteiger partial charge in [0.05, 0.1) is 6.04 Å². The quantitative estimate of drug-likeness (QED) is 0.711. The second-order valence-electron chi connectivity index (χ2n) is 5.10. The number of hydrogen-bond acceptors (Lipinski definition) is 4. The maximum absolute atomic E-state index is 11.9. The third kappa shape index (κ3) is 5.93. The molecule has 6 nitrogen and oxygen atoms in total. The Labute approximate surface area is 125 Å². The summed E-state index contributed by atoms with van der Waals surface area (Å²) in [4.78, 5) is 23.5. The number of amides is 2. The van der Waals surface area contributed by atoms with Crippen LogP contribution in [0.1, 0.15) is 20.3 Å². The van der Waals surface area contributed by atoms with Gasteiger partial charge in [-0.05, 0) is 24.6 Å². The van der Waals surface area contributed by atoms with Gasteiger partial charge in [-0.1, -0.05) is 19.9 Å². The molecule has 6 heteroatoms. The molecular formula is C15H23N3O3. The molecule has 4 N–H and O–H groups in total. The first kappa shape index (κ1) is 17.1. The summed E-state index contributed by atoms with van der Waals surface area (Å²) in [7, 11) is 1.56. The molecule has 0 fully saturated rings. The summed E-state index contributed by atoms with van der Waals surface area (Å²) in [6, 6.07) is 6.33. The first-order valence-electron chi connectivity index (χ1n) is 6.90. The molecule has 0 saturated carbocycles. The zero-order valence-electron chi connectivity index (χ0n) is 12.7. The van der Waals surface area contributed by atoms with E-state index in [0.717, 1.165) is 0 Å². The van der Waals surface area contributed by atoms with Crippen LogP contribution in [0, 0.1) is 5.92 Å². The van der Waals surface area contributed by atoms with E-state index in [1.54, 1.807) is 31.4 Å². The topological polar surface area (TPSA) is 93.4 Å². The van der Waals surface area contributed by atoms with Crippen molar-refractivity contribution >= 4 is 23.2 Å². The van der Waals surface area contributed by atoms with Crippen LogP contribution in [-0.4, -0.2) is 31.6 Å². The van der Waals surface area contributed by atoms with Crippen LogP contribution < -0.4 is 16.4 Å². The van der Waals surface area contributed by atoms with Crippen molar-refractivity contribution in [2.75, 3.05) is 24.4 Å². The fourth-order valence-corrected chi connectivity index (χ4v) is 1.57. The van der Waals surface area contributed by atoms with E-state index in [1.165, 1.54) is 0 Å². The van der Waals surface area contributed by atoms with Crippen molar-refractivity contribution in [2.24, 2.45) is 11.7 Å². The molecule has 0 spiro atoms. The smallest absolute Gasteiger partial charge is 0.241 e. The Bertz CT molecular complexity index is 489. The molecule has 0 saturated heterocycles. The van der Waals surface area contributed by atoms with E-state index in [1.807, 2.05) is 13.8 Å². The molecule has 0 aliphatic rings. The third-order valence-corrected chi connectivity index (χ3v) is 2.89. The van der Waals surface area contributed by atoms with Crippen molar-refractivity contribution in [3.05, 3.63) is 24.3 Å². The van der Waals surface area contributed by atoms with Gasteiger partial charge < -0.3 is 21.1 Å². The first-order chi connectivity index (χ1) is 9.93. The maximum Gasteiger partial charge on any atom is 0.241 e. The number of carbonyl (C=O) groups is 2. The van der Waals surface area contributed by atoms with Crippen molar-refractivity contribution in [3.63, 3.8) is 0 Å². The van der Waals surface area contributed by atoms with Gasteiger partial charge in [0.2, 0.25) is 11.8 Å². The van der Waals surface area contributed by atoms with E-state index in [9.17, 15) is 9.59 Å². The molecular weight excluding hydrogens is 270 g/mol. The Morgan fingerprint density at radius 3 is 2.29 bits per heavy atom. The van der Waals surface area contributed by atoms with Gasteiger partial charge in [0.25, 0.3) is 0 Å². The van der Waals surface area contributed by atoms with Gasteiger partial charge in [-0.3, -0.25) is 9.59 Å². The molecule has 0 bridgehead atoms. The van der Waals surface area contributed by atoms with E-state index >= 15 is 0 Å². The molecule has 1 atom stereocenters. The lowest BCUT2D eigenvalue weighted by Crippen LogP contribution is -2.36. The predicted octanol–water partition coefficient (Wildman–Crippen LogP) is 1.58. The Hall–Kier alpha value is -1.92. The van der Waals surface area contributed by atoms with Crippen LogP contribution in [0.3, 0.4) is 0 Å². The van der Waals surface area contributed by atoms with Crippen molar-refractivity contribution < 1.29 is 14.3 Å².